The first-order valence-electron chi connectivity index (χ1n) is 10.3. The molecule has 172 valence electrons. The Balaban J connectivity index is 1.40. The van der Waals surface area contributed by atoms with Crippen molar-refractivity contribution >= 4 is 34.0 Å². The van der Waals surface area contributed by atoms with Crippen LogP contribution in [0.4, 0.5) is 19.6 Å². The summed E-state index contributed by atoms with van der Waals surface area (Å²) in [6.07, 6.45) is 0. The van der Waals surface area contributed by atoms with Crippen molar-refractivity contribution in [1.82, 2.24) is 10.3 Å². The molecule has 0 radical (unpaired) electrons. The lowest BCUT2D eigenvalue weighted by Gasteiger charge is -2.18. The third-order valence-corrected chi connectivity index (χ3v) is 5.63. The highest BCUT2D eigenvalue weighted by atomic mass is 32.1. The Morgan fingerprint density at radius 1 is 0.882 bits per heavy atom. The van der Waals surface area contributed by atoms with Crippen LogP contribution in [0.2, 0.25) is 0 Å². The number of aromatic nitrogens is 1. The fourth-order valence-corrected chi connectivity index (χ4v) is 3.96. The van der Waals surface area contributed by atoms with Crippen molar-refractivity contribution in [3.05, 3.63) is 101 Å². The largest absolute Gasteiger partial charge is 0.324 e. The van der Waals surface area contributed by atoms with Gasteiger partial charge in [-0.25, -0.2) is 13.8 Å². The first-order valence-corrected chi connectivity index (χ1v) is 11.2. The maximum absolute atomic E-state index is 13.5. The normalized spacial score (nSPS) is 11.6. The summed E-state index contributed by atoms with van der Waals surface area (Å²) in [6, 6.07) is 20.8. The molecule has 1 atom stereocenters. The minimum Gasteiger partial charge on any atom is -0.324 e. The van der Waals surface area contributed by atoms with Gasteiger partial charge in [-0.2, -0.15) is 0 Å². The number of benzene rings is 3. The van der Waals surface area contributed by atoms with E-state index >= 15 is 0 Å². The van der Waals surface area contributed by atoms with Crippen LogP contribution < -0.4 is 16.0 Å². The number of thiazole rings is 1. The first kappa shape index (κ1) is 23.2. The Labute approximate surface area is 198 Å². The van der Waals surface area contributed by atoms with Gasteiger partial charge in [-0.05, 0) is 35.9 Å². The van der Waals surface area contributed by atoms with Crippen LogP contribution in [0.25, 0.3) is 11.3 Å². The minimum atomic E-state index is -0.971. The summed E-state index contributed by atoms with van der Waals surface area (Å²) in [5.74, 6) is -2.62. The molecule has 0 saturated carbocycles. The van der Waals surface area contributed by atoms with E-state index in [0.29, 0.717) is 27.6 Å². The molecular weight excluding hydrogens is 458 g/mol. The van der Waals surface area contributed by atoms with E-state index in [4.69, 9.17) is 0 Å². The quantitative estimate of drug-likeness (QED) is 0.333. The molecular formula is C25H20F2N4O2S. The molecule has 6 nitrogen and oxygen atoms in total. The molecule has 0 aliphatic carbocycles. The van der Waals surface area contributed by atoms with E-state index in [1.807, 2.05) is 36.4 Å². The average molecular weight is 479 g/mol. The highest BCUT2D eigenvalue weighted by Crippen LogP contribution is 2.26. The Morgan fingerprint density at radius 3 is 2.29 bits per heavy atom. The lowest BCUT2D eigenvalue weighted by Crippen LogP contribution is -2.37. The average Bonchev–Trinajstić information content (AvgIpc) is 3.30. The zero-order chi connectivity index (χ0) is 23.9. The molecule has 4 aromatic rings. The Bertz CT molecular complexity index is 1280. The number of hydrogen-bond acceptors (Lipinski definition) is 5. The van der Waals surface area contributed by atoms with Gasteiger partial charge in [-0.1, -0.05) is 48.5 Å². The predicted octanol–water partition coefficient (Wildman–Crippen LogP) is 5.00. The van der Waals surface area contributed by atoms with Crippen molar-refractivity contribution in [3.8, 4) is 11.3 Å². The monoisotopic (exact) mass is 478 g/mol. The molecule has 3 N–H and O–H groups in total. The summed E-state index contributed by atoms with van der Waals surface area (Å²) in [4.78, 5) is 29.7. The van der Waals surface area contributed by atoms with Crippen LogP contribution >= 0.6 is 11.3 Å². The first-order chi connectivity index (χ1) is 16.5. The second-order valence-corrected chi connectivity index (χ2v) is 8.15. The van der Waals surface area contributed by atoms with Crippen LogP contribution in [0.1, 0.15) is 11.6 Å². The van der Waals surface area contributed by atoms with Gasteiger partial charge >= 0.3 is 0 Å². The number of amides is 2. The van der Waals surface area contributed by atoms with Gasteiger partial charge in [0.25, 0.3) is 0 Å². The van der Waals surface area contributed by atoms with Gasteiger partial charge in [-0.3, -0.25) is 14.9 Å². The summed E-state index contributed by atoms with van der Waals surface area (Å²) in [5, 5.41) is 10.4. The number of halogens is 2. The number of carbonyl (C=O) groups excluding carboxylic acids is 2. The molecule has 2 amide bonds. The second-order valence-electron chi connectivity index (χ2n) is 7.29. The fourth-order valence-electron chi connectivity index (χ4n) is 3.22. The van der Waals surface area contributed by atoms with Gasteiger partial charge in [0.1, 0.15) is 6.04 Å². The standard InChI is InChI=1S/C25H20F2N4O2S/c26-19-12-11-17(13-20(19)27)21-15-34-25(30-21)31-22(32)14-28-23(16-7-3-1-4-8-16)24(33)29-18-9-5-2-6-10-18/h1-13,15,23,28H,14H2,(H,29,33)(H,30,31,32). The van der Waals surface area contributed by atoms with Gasteiger partial charge in [-0.15, -0.1) is 11.3 Å². The van der Waals surface area contributed by atoms with E-state index in [1.54, 1.807) is 29.6 Å². The van der Waals surface area contributed by atoms with Crippen molar-refractivity contribution in [2.45, 2.75) is 6.04 Å². The Kier molecular flexibility index (Phi) is 7.36. The smallest absolute Gasteiger partial charge is 0.246 e. The number of rotatable bonds is 8. The topological polar surface area (TPSA) is 83.1 Å². The Morgan fingerprint density at radius 2 is 1.59 bits per heavy atom. The molecule has 0 saturated heterocycles. The van der Waals surface area contributed by atoms with E-state index in [-0.39, 0.29) is 12.5 Å². The van der Waals surface area contributed by atoms with Gasteiger partial charge in [0.15, 0.2) is 16.8 Å². The van der Waals surface area contributed by atoms with Gasteiger partial charge in [0.2, 0.25) is 11.8 Å². The van der Waals surface area contributed by atoms with Crippen LogP contribution in [0, 0.1) is 11.6 Å². The van der Waals surface area contributed by atoms with E-state index < -0.39 is 23.6 Å². The van der Waals surface area contributed by atoms with Crippen LogP contribution in [-0.4, -0.2) is 23.3 Å². The maximum atomic E-state index is 13.5. The zero-order valence-electron chi connectivity index (χ0n) is 17.8. The summed E-state index contributed by atoms with van der Waals surface area (Å²) in [5.41, 5.74) is 2.16. The van der Waals surface area contributed by atoms with Gasteiger partial charge < -0.3 is 10.6 Å². The summed E-state index contributed by atoms with van der Waals surface area (Å²) < 4.78 is 26.6. The number of anilines is 2. The zero-order valence-corrected chi connectivity index (χ0v) is 18.6. The SMILES string of the molecule is O=C(CNC(C(=O)Nc1ccccc1)c1ccccc1)Nc1nc(-c2ccc(F)c(F)c2)cs1. The summed E-state index contributed by atoms with van der Waals surface area (Å²) >= 11 is 1.16. The number of carbonyl (C=O) groups is 2. The molecule has 0 aliphatic heterocycles. The highest BCUT2D eigenvalue weighted by Gasteiger charge is 2.21. The van der Waals surface area contributed by atoms with Crippen LogP contribution in [0.5, 0.6) is 0 Å². The van der Waals surface area contributed by atoms with E-state index in [2.05, 4.69) is 20.9 Å². The van der Waals surface area contributed by atoms with Crippen molar-refractivity contribution < 1.29 is 18.4 Å². The number of nitrogens with zero attached hydrogens (tertiary/aromatic N) is 1. The molecule has 0 spiro atoms. The molecule has 1 unspecified atom stereocenters. The minimum absolute atomic E-state index is 0.151. The molecule has 1 aromatic heterocycles. The van der Waals surface area contributed by atoms with Crippen LogP contribution in [-0.2, 0) is 9.59 Å². The molecule has 1 heterocycles. The van der Waals surface area contributed by atoms with Gasteiger partial charge in [0.05, 0.1) is 12.2 Å². The molecule has 4 rings (SSSR count). The fraction of sp³-hybridized carbons (Fsp3) is 0.0800. The third-order valence-electron chi connectivity index (χ3n) is 4.87. The third kappa shape index (κ3) is 5.89. The van der Waals surface area contributed by atoms with Crippen molar-refractivity contribution in [3.63, 3.8) is 0 Å². The molecule has 3 aromatic carbocycles. The van der Waals surface area contributed by atoms with Crippen molar-refractivity contribution in [1.29, 1.82) is 0 Å². The van der Waals surface area contributed by atoms with Crippen LogP contribution in [0.3, 0.4) is 0 Å². The number of hydrogen-bond donors (Lipinski definition) is 3. The molecule has 34 heavy (non-hydrogen) atoms. The summed E-state index contributed by atoms with van der Waals surface area (Å²) in [6.45, 7) is -0.151. The van der Waals surface area contributed by atoms with E-state index in [1.165, 1.54) is 6.07 Å². The predicted molar refractivity (Wildman–Crippen MR) is 128 cm³/mol. The summed E-state index contributed by atoms with van der Waals surface area (Å²) in [7, 11) is 0. The Hall–Kier alpha value is -3.95. The highest BCUT2D eigenvalue weighted by molar-refractivity contribution is 7.14. The van der Waals surface area contributed by atoms with Crippen molar-refractivity contribution in [2.75, 3.05) is 17.2 Å². The lowest BCUT2D eigenvalue weighted by atomic mass is 10.1. The van der Waals surface area contributed by atoms with Gasteiger partial charge in [0, 0.05) is 16.6 Å². The molecule has 0 fully saturated rings. The number of nitrogens with one attached hydrogen (secondary N) is 3. The van der Waals surface area contributed by atoms with E-state index in [0.717, 1.165) is 23.5 Å². The second kappa shape index (κ2) is 10.8. The lowest BCUT2D eigenvalue weighted by molar-refractivity contribution is -0.119. The molecule has 9 heteroatoms. The molecule has 0 aliphatic rings. The van der Waals surface area contributed by atoms with Crippen LogP contribution in [0.15, 0.2) is 84.2 Å². The molecule has 0 bridgehead atoms. The van der Waals surface area contributed by atoms with E-state index in [9.17, 15) is 18.4 Å². The maximum Gasteiger partial charge on any atom is 0.246 e. The number of para-hydroxylation sites is 1. The van der Waals surface area contributed by atoms with Crippen molar-refractivity contribution in [2.24, 2.45) is 0 Å².